The first-order chi connectivity index (χ1) is 14.9. The molecule has 166 valence electrons. The van der Waals surface area contributed by atoms with Crippen LogP contribution in [0, 0.1) is 5.92 Å². The van der Waals surface area contributed by atoms with Crippen molar-refractivity contribution in [1.29, 1.82) is 0 Å². The molecule has 1 aromatic heterocycles. The Bertz CT molecular complexity index is 930. The summed E-state index contributed by atoms with van der Waals surface area (Å²) in [5.41, 5.74) is 3.61. The Morgan fingerprint density at radius 1 is 1.16 bits per heavy atom. The van der Waals surface area contributed by atoms with Gasteiger partial charge in [-0.05, 0) is 36.3 Å². The number of nitrogens with zero attached hydrogens (tertiary/aromatic N) is 3. The van der Waals surface area contributed by atoms with Gasteiger partial charge in [0.05, 0.1) is 5.69 Å². The maximum atomic E-state index is 12.8. The van der Waals surface area contributed by atoms with Gasteiger partial charge in [-0.25, -0.2) is 4.98 Å². The molecule has 6 nitrogen and oxygen atoms in total. The summed E-state index contributed by atoms with van der Waals surface area (Å²) in [6, 6.07) is 8.51. The number of fused-ring (bicyclic) bond motifs is 1. The maximum Gasteiger partial charge on any atom is 0.223 e. The number of thiazole rings is 1. The van der Waals surface area contributed by atoms with Gasteiger partial charge in [0.25, 0.3) is 0 Å². The molecule has 1 aromatic carbocycles. The van der Waals surface area contributed by atoms with E-state index in [0.717, 1.165) is 61.8 Å². The fourth-order valence-electron chi connectivity index (χ4n) is 4.29. The molecule has 1 unspecified atom stereocenters. The summed E-state index contributed by atoms with van der Waals surface area (Å²) in [4.78, 5) is 34.6. The third-order valence-corrected chi connectivity index (χ3v) is 7.59. The van der Waals surface area contributed by atoms with Gasteiger partial charge in [-0.2, -0.15) is 0 Å². The molecule has 4 rings (SSSR count). The average molecular weight is 441 g/mol. The van der Waals surface area contributed by atoms with Gasteiger partial charge >= 0.3 is 0 Å². The Morgan fingerprint density at radius 3 is 2.52 bits per heavy atom. The van der Waals surface area contributed by atoms with E-state index in [1.807, 2.05) is 4.90 Å². The molecule has 1 aliphatic carbocycles. The Kier molecular flexibility index (Phi) is 6.60. The highest BCUT2D eigenvalue weighted by molar-refractivity contribution is 7.15. The molecule has 2 aromatic rings. The van der Waals surface area contributed by atoms with E-state index < -0.39 is 0 Å². The number of amides is 2. The summed E-state index contributed by atoms with van der Waals surface area (Å²) < 4.78 is 0. The first-order valence-corrected chi connectivity index (χ1v) is 12.1. The molecule has 1 fully saturated rings. The molecule has 1 N–H and O–H groups in total. The van der Waals surface area contributed by atoms with Gasteiger partial charge in [-0.15, -0.1) is 11.3 Å². The molecule has 2 heterocycles. The normalized spacial score (nSPS) is 18.8. The average Bonchev–Trinajstić information content (AvgIpc) is 3.21. The zero-order valence-corrected chi connectivity index (χ0v) is 19.5. The molecule has 0 radical (unpaired) electrons. The third kappa shape index (κ3) is 5.09. The SMILES string of the molecule is CC(=O)N1CCN(c2nc3c(s2)CC(C(=O)NCc2ccc(C(C)C)cc2)CC3)CC1. The number of carbonyl (C=O) groups is 2. The molecule has 1 aliphatic heterocycles. The van der Waals surface area contributed by atoms with Crippen LogP contribution in [-0.2, 0) is 29.0 Å². The fraction of sp³-hybridized carbons (Fsp3) is 0.542. The van der Waals surface area contributed by atoms with Crippen molar-refractivity contribution in [3.63, 3.8) is 0 Å². The molecule has 0 saturated carbocycles. The number of benzene rings is 1. The number of rotatable bonds is 5. The van der Waals surface area contributed by atoms with Crippen LogP contribution in [0.15, 0.2) is 24.3 Å². The van der Waals surface area contributed by atoms with Gasteiger partial charge in [0.15, 0.2) is 5.13 Å². The highest BCUT2D eigenvalue weighted by Gasteiger charge is 2.29. The number of aromatic nitrogens is 1. The smallest absolute Gasteiger partial charge is 0.223 e. The standard InChI is InChI=1S/C24H32N4O2S/c1-16(2)19-6-4-18(5-7-19)15-25-23(30)20-8-9-21-22(14-20)31-24(26-21)28-12-10-27(11-13-28)17(3)29/h4-7,16,20H,8-15H2,1-3H3,(H,25,30). The van der Waals surface area contributed by atoms with E-state index in [2.05, 4.69) is 48.3 Å². The molecule has 0 spiro atoms. The lowest BCUT2D eigenvalue weighted by Gasteiger charge is -2.33. The van der Waals surface area contributed by atoms with Crippen molar-refractivity contribution in [1.82, 2.24) is 15.2 Å². The zero-order chi connectivity index (χ0) is 22.0. The van der Waals surface area contributed by atoms with Crippen LogP contribution in [0.4, 0.5) is 5.13 Å². The van der Waals surface area contributed by atoms with E-state index in [9.17, 15) is 9.59 Å². The van der Waals surface area contributed by atoms with E-state index in [1.54, 1.807) is 18.3 Å². The predicted molar refractivity (Wildman–Crippen MR) is 124 cm³/mol. The topological polar surface area (TPSA) is 65.5 Å². The van der Waals surface area contributed by atoms with Crippen LogP contribution in [0.3, 0.4) is 0 Å². The van der Waals surface area contributed by atoms with Crippen molar-refractivity contribution in [3.05, 3.63) is 46.0 Å². The van der Waals surface area contributed by atoms with E-state index in [4.69, 9.17) is 4.98 Å². The van der Waals surface area contributed by atoms with Crippen molar-refractivity contribution >= 4 is 28.3 Å². The minimum Gasteiger partial charge on any atom is -0.352 e. The molecule has 1 saturated heterocycles. The van der Waals surface area contributed by atoms with Crippen LogP contribution < -0.4 is 10.2 Å². The third-order valence-electron chi connectivity index (χ3n) is 6.41. The zero-order valence-electron chi connectivity index (χ0n) is 18.7. The van der Waals surface area contributed by atoms with Crippen molar-refractivity contribution in [2.75, 3.05) is 31.1 Å². The lowest BCUT2D eigenvalue weighted by Crippen LogP contribution is -2.48. The predicted octanol–water partition coefficient (Wildman–Crippen LogP) is 3.36. The van der Waals surface area contributed by atoms with Crippen molar-refractivity contribution in [2.24, 2.45) is 5.92 Å². The molecule has 0 bridgehead atoms. The highest BCUT2D eigenvalue weighted by Crippen LogP contribution is 2.34. The summed E-state index contributed by atoms with van der Waals surface area (Å²) in [6.45, 7) is 9.73. The summed E-state index contributed by atoms with van der Waals surface area (Å²) in [7, 11) is 0. The Labute approximate surface area is 188 Å². The van der Waals surface area contributed by atoms with Crippen molar-refractivity contribution in [3.8, 4) is 0 Å². The van der Waals surface area contributed by atoms with Gasteiger partial charge in [0, 0.05) is 50.4 Å². The molecule has 2 amide bonds. The van der Waals surface area contributed by atoms with E-state index in [-0.39, 0.29) is 17.7 Å². The molecule has 1 atom stereocenters. The summed E-state index contributed by atoms with van der Waals surface area (Å²) >= 11 is 1.72. The lowest BCUT2D eigenvalue weighted by atomic mass is 9.90. The van der Waals surface area contributed by atoms with Crippen molar-refractivity contribution in [2.45, 2.75) is 52.5 Å². The van der Waals surface area contributed by atoms with Crippen LogP contribution in [0.5, 0.6) is 0 Å². The number of hydrogen-bond acceptors (Lipinski definition) is 5. The van der Waals surface area contributed by atoms with Crippen LogP contribution >= 0.6 is 11.3 Å². The molecule has 2 aliphatic rings. The van der Waals surface area contributed by atoms with Gasteiger partial charge in [0.2, 0.25) is 11.8 Å². The Balaban J connectivity index is 1.31. The van der Waals surface area contributed by atoms with Crippen LogP contribution in [0.1, 0.15) is 54.8 Å². The van der Waals surface area contributed by atoms with Gasteiger partial charge < -0.3 is 15.1 Å². The monoisotopic (exact) mass is 440 g/mol. The second-order valence-corrected chi connectivity index (χ2v) is 9.98. The summed E-state index contributed by atoms with van der Waals surface area (Å²) in [5.74, 6) is 0.819. The largest absolute Gasteiger partial charge is 0.352 e. The maximum absolute atomic E-state index is 12.8. The minimum atomic E-state index is 0.0188. The Hall–Kier alpha value is -2.41. The highest BCUT2D eigenvalue weighted by atomic mass is 32.1. The first kappa shape index (κ1) is 21.8. The number of nitrogens with one attached hydrogen (secondary N) is 1. The molecule has 31 heavy (non-hydrogen) atoms. The van der Waals surface area contributed by atoms with E-state index in [0.29, 0.717) is 12.5 Å². The van der Waals surface area contributed by atoms with E-state index in [1.165, 1.54) is 10.4 Å². The summed E-state index contributed by atoms with van der Waals surface area (Å²) in [6.07, 6.45) is 2.49. The number of carbonyl (C=O) groups excluding carboxylic acids is 2. The minimum absolute atomic E-state index is 0.0188. The second-order valence-electron chi connectivity index (χ2n) is 8.91. The number of piperazine rings is 1. The molecule has 7 heteroatoms. The second kappa shape index (κ2) is 9.39. The molecular weight excluding hydrogens is 408 g/mol. The van der Waals surface area contributed by atoms with Crippen LogP contribution in [0.25, 0.3) is 0 Å². The molecular formula is C24H32N4O2S. The quantitative estimate of drug-likeness (QED) is 0.774. The van der Waals surface area contributed by atoms with Gasteiger partial charge in [-0.3, -0.25) is 9.59 Å². The van der Waals surface area contributed by atoms with Crippen LogP contribution in [-0.4, -0.2) is 47.9 Å². The lowest BCUT2D eigenvalue weighted by molar-refractivity contribution is -0.129. The van der Waals surface area contributed by atoms with Crippen LogP contribution in [0.2, 0.25) is 0 Å². The van der Waals surface area contributed by atoms with Crippen molar-refractivity contribution < 1.29 is 9.59 Å². The first-order valence-electron chi connectivity index (χ1n) is 11.3. The fourth-order valence-corrected chi connectivity index (χ4v) is 5.52. The Morgan fingerprint density at radius 2 is 1.87 bits per heavy atom. The number of aryl methyl sites for hydroxylation is 1. The number of hydrogen-bond donors (Lipinski definition) is 1. The summed E-state index contributed by atoms with van der Waals surface area (Å²) in [5, 5.41) is 4.17. The van der Waals surface area contributed by atoms with Gasteiger partial charge in [-0.1, -0.05) is 38.1 Å². The van der Waals surface area contributed by atoms with Gasteiger partial charge in [0.1, 0.15) is 0 Å². The van der Waals surface area contributed by atoms with E-state index >= 15 is 0 Å². The number of anilines is 1.